The zero-order valence-electron chi connectivity index (χ0n) is 11.7. The molecular formula is C15H22BrNOS. The lowest BCUT2D eigenvalue weighted by atomic mass is 10.1. The van der Waals surface area contributed by atoms with E-state index in [1.165, 1.54) is 0 Å². The molecule has 1 aromatic carbocycles. The molecule has 106 valence electrons. The number of hydrogen-bond acceptors (Lipinski definition) is 2. The van der Waals surface area contributed by atoms with Crippen molar-refractivity contribution < 1.29 is 4.79 Å². The summed E-state index contributed by atoms with van der Waals surface area (Å²) >= 11 is 7.80. The summed E-state index contributed by atoms with van der Waals surface area (Å²) < 4.78 is 0.947. The van der Waals surface area contributed by atoms with E-state index in [1.807, 2.05) is 23.1 Å². The molecule has 0 spiro atoms. The minimum Gasteiger partial charge on any atom is -0.339 e. The van der Waals surface area contributed by atoms with Gasteiger partial charge in [-0.25, -0.2) is 0 Å². The van der Waals surface area contributed by atoms with E-state index >= 15 is 0 Å². The van der Waals surface area contributed by atoms with Crippen LogP contribution < -0.4 is 0 Å². The van der Waals surface area contributed by atoms with Gasteiger partial charge < -0.3 is 4.90 Å². The van der Waals surface area contributed by atoms with Crippen LogP contribution in [-0.4, -0.2) is 23.9 Å². The second-order valence-corrected chi connectivity index (χ2v) is 6.06. The first-order valence-electron chi connectivity index (χ1n) is 6.88. The standard InChI is InChI=1S/C15H22BrNOS/c1-3-5-9-17(10-6-4-2)15(18)13-8-7-12(16)11-14(13)19/h7-8,11,19H,3-6,9-10H2,1-2H3. The molecule has 1 aromatic rings. The number of nitrogens with zero attached hydrogens (tertiary/aromatic N) is 1. The predicted molar refractivity (Wildman–Crippen MR) is 87.1 cm³/mol. The molecule has 0 saturated carbocycles. The van der Waals surface area contributed by atoms with Gasteiger partial charge >= 0.3 is 0 Å². The topological polar surface area (TPSA) is 20.3 Å². The van der Waals surface area contributed by atoms with E-state index in [0.29, 0.717) is 5.56 Å². The molecule has 2 nitrogen and oxygen atoms in total. The Balaban J connectivity index is 2.84. The van der Waals surface area contributed by atoms with Crippen molar-refractivity contribution in [2.75, 3.05) is 13.1 Å². The predicted octanol–water partition coefficient (Wildman–Crippen LogP) is 4.78. The number of hydrogen-bond donors (Lipinski definition) is 1. The highest BCUT2D eigenvalue weighted by molar-refractivity contribution is 9.10. The Kier molecular flexibility index (Phi) is 7.54. The smallest absolute Gasteiger partial charge is 0.254 e. The van der Waals surface area contributed by atoms with Crippen LogP contribution in [0.5, 0.6) is 0 Å². The number of carbonyl (C=O) groups excluding carboxylic acids is 1. The van der Waals surface area contributed by atoms with E-state index in [4.69, 9.17) is 0 Å². The Morgan fingerprint density at radius 1 is 1.21 bits per heavy atom. The minimum atomic E-state index is 0.0967. The second kappa shape index (κ2) is 8.64. The summed E-state index contributed by atoms with van der Waals surface area (Å²) in [5.41, 5.74) is 0.693. The SMILES string of the molecule is CCCCN(CCCC)C(=O)c1ccc(Br)cc1S. The van der Waals surface area contributed by atoms with Crippen LogP contribution in [-0.2, 0) is 0 Å². The van der Waals surface area contributed by atoms with Crippen LogP contribution in [0.2, 0.25) is 0 Å². The maximum absolute atomic E-state index is 12.6. The number of benzene rings is 1. The van der Waals surface area contributed by atoms with Gasteiger partial charge in [0, 0.05) is 22.5 Å². The van der Waals surface area contributed by atoms with Gasteiger partial charge in [0.2, 0.25) is 0 Å². The lowest BCUT2D eigenvalue weighted by molar-refractivity contribution is 0.0747. The van der Waals surface area contributed by atoms with Crippen molar-refractivity contribution in [2.45, 2.75) is 44.4 Å². The van der Waals surface area contributed by atoms with Crippen LogP contribution in [0.3, 0.4) is 0 Å². The van der Waals surface area contributed by atoms with Crippen LogP contribution in [0, 0.1) is 0 Å². The number of thiol groups is 1. The summed E-state index contributed by atoms with van der Waals surface area (Å²) in [5, 5.41) is 0. The van der Waals surface area contributed by atoms with E-state index < -0.39 is 0 Å². The summed E-state index contributed by atoms with van der Waals surface area (Å²) in [6.07, 6.45) is 4.30. The van der Waals surface area contributed by atoms with E-state index in [9.17, 15) is 4.79 Å². The largest absolute Gasteiger partial charge is 0.339 e. The highest BCUT2D eigenvalue weighted by Gasteiger charge is 2.17. The number of unbranched alkanes of at least 4 members (excludes halogenated alkanes) is 2. The summed E-state index contributed by atoms with van der Waals surface area (Å²) in [7, 11) is 0. The molecule has 1 amide bonds. The lowest BCUT2D eigenvalue weighted by Crippen LogP contribution is -2.33. The number of halogens is 1. The molecule has 0 heterocycles. The molecular weight excluding hydrogens is 322 g/mol. The van der Waals surface area contributed by atoms with Gasteiger partial charge in [0.05, 0.1) is 5.56 Å². The fraction of sp³-hybridized carbons (Fsp3) is 0.533. The molecule has 19 heavy (non-hydrogen) atoms. The van der Waals surface area contributed by atoms with Gasteiger partial charge in [-0.1, -0.05) is 42.6 Å². The van der Waals surface area contributed by atoms with Gasteiger partial charge in [-0.2, -0.15) is 0 Å². The third-order valence-corrected chi connectivity index (χ3v) is 3.90. The summed E-state index contributed by atoms with van der Waals surface area (Å²) in [5.74, 6) is 0.0967. The fourth-order valence-electron chi connectivity index (χ4n) is 1.87. The molecule has 0 radical (unpaired) electrons. The first kappa shape index (κ1) is 16.6. The van der Waals surface area contributed by atoms with Gasteiger partial charge in [-0.15, -0.1) is 12.6 Å². The van der Waals surface area contributed by atoms with Crippen LogP contribution in [0.25, 0.3) is 0 Å². The molecule has 0 aliphatic rings. The quantitative estimate of drug-likeness (QED) is 0.706. The fourth-order valence-corrected chi connectivity index (χ4v) is 2.72. The second-order valence-electron chi connectivity index (χ2n) is 4.66. The zero-order valence-corrected chi connectivity index (χ0v) is 14.1. The Bertz CT molecular complexity index is 415. The molecule has 0 aliphatic heterocycles. The van der Waals surface area contributed by atoms with E-state index in [1.54, 1.807) is 0 Å². The monoisotopic (exact) mass is 343 g/mol. The Hall–Kier alpha value is -0.480. The molecule has 0 saturated heterocycles. The molecule has 0 atom stereocenters. The van der Waals surface area contributed by atoms with Crippen molar-refractivity contribution >= 4 is 34.5 Å². The van der Waals surface area contributed by atoms with E-state index in [2.05, 4.69) is 42.4 Å². The molecule has 1 rings (SSSR count). The zero-order chi connectivity index (χ0) is 14.3. The summed E-state index contributed by atoms with van der Waals surface area (Å²) in [6, 6.07) is 5.61. The van der Waals surface area contributed by atoms with Crippen molar-refractivity contribution in [1.29, 1.82) is 0 Å². The lowest BCUT2D eigenvalue weighted by Gasteiger charge is -2.23. The third kappa shape index (κ3) is 5.19. The Morgan fingerprint density at radius 2 is 1.79 bits per heavy atom. The summed E-state index contributed by atoms with van der Waals surface area (Å²) in [6.45, 7) is 5.95. The summed E-state index contributed by atoms with van der Waals surface area (Å²) in [4.78, 5) is 15.2. The van der Waals surface area contributed by atoms with Crippen molar-refractivity contribution in [2.24, 2.45) is 0 Å². The van der Waals surface area contributed by atoms with Crippen LogP contribution in [0.1, 0.15) is 49.9 Å². The van der Waals surface area contributed by atoms with Crippen molar-refractivity contribution in [1.82, 2.24) is 4.90 Å². The molecule has 0 fully saturated rings. The van der Waals surface area contributed by atoms with Gasteiger partial charge in [0.25, 0.3) is 5.91 Å². The molecule has 4 heteroatoms. The van der Waals surface area contributed by atoms with E-state index in [0.717, 1.165) is 48.1 Å². The van der Waals surface area contributed by atoms with Crippen LogP contribution in [0.15, 0.2) is 27.6 Å². The number of rotatable bonds is 7. The first-order valence-corrected chi connectivity index (χ1v) is 8.12. The van der Waals surface area contributed by atoms with Crippen molar-refractivity contribution in [3.05, 3.63) is 28.2 Å². The molecule has 0 aliphatic carbocycles. The highest BCUT2D eigenvalue weighted by Crippen LogP contribution is 2.21. The Morgan fingerprint density at radius 3 is 2.26 bits per heavy atom. The maximum atomic E-state index is 12.6. The minimum absolute atomic E-state index is 0.0967. The van der Waals surface area contributed by atoms with Gasteiger partial charge in [-0.3, -0.25) is 4.79 Å². The van der Waals surface area contributed by atoms with Crippen LogP contribution >= 0.6 is 28.6 Å². The average molecular weight is 344 g/mol. The normalized spacial score (nSPS) is 10.5. The number of carbonyl (C=O) groups is 1. The molecule has 0 N–H and O–H groups in total. The first-order chi connectivity index (χ1) is 9.10. The van der Waals surface area contributed by atoms with Gasteiger partial charge in [-0.05, 0) is 31.0 Å². The average Bonchev–Trinajstić information content (AvgIpc) is 2.38. The number of amides is 1. The van der Waals surface area contributed by atoms with E-state index in [-0.39, 0.29) is 5.91 Å². The van der Waals surface area contributed by atoms with Crippen molar-refractivity contribution in [3.8, 4) is 0 Å². The molecule has 0 bridgehead atoms. The van der Waals surface area contributed by atoms with Gasteiger partial charge in [0.15, 0.2) is 0 Å². The molecule has 0 unspecified atom stereocenters. The van der Waals surface area contributed by atoms with Crippen molar-refractivity contribution in [3.63, 3.8) is 0 Å². The maximum Gasteiger partial charge on any atom is 0.254 e. The van der Waals surface area contributed by atoms with Gasteiger partial charge in [0.1, 0.15) is 0 Å². The molecule has 0 aromatic heterocycles. The third-order valence-electron chi connectivity index (χ3n) is 3.04. The Labute approximate surface area is 130 Å². The highest BCUT2D eigenvalue weighted by atomic mass is 79.9. The van der Waals surface area contributed by atoms with Crippen LogP contribution in [0.4, 0.5) is 0 Å².